The normalized spacial score (nSPS) is 31.3. The van der Waals surface area contributed by atoms with Crippen molar-refractivity contribution in [3.63, 3.8) is 0 Å². The standard InChI is InChI=1S/C15H27NO3/c1-19-10-6-2-5-9-16-13-8-4-3-7-12(13)11-14(16)15(17)18/h12-14H,2-11H2,1H3,(H,17,18). The van der Waals surface area contributed by atoms with Crippen molar-refractivity contribution < 1.29 is 14.6 Å². The average molecular weight is 269 g/mol. The van der Waals surface area contributed by atoms with Crippen molar-refractivity contribution in [3.8, 4) is 0 Å². The second-order valence-corrected chi connectivity index (χ2v) is 5.99. The van der Waals surface area contributed by atoms with Gasteiger partial charge < -0.3 is 9.84 Å². The maximum atomic E-state index is 11.4. The van der Waals surface area contributed by atoms with Crippen molar-refractivity contribution in [2.75, 3.05) is 20.3 Å². The predicted octanol–water partition coefficient (Wildman–Crippen LogP) is 2.52. The lowest BCUT2D eigenvalue weighted by atomic mass is 9.85. The minimum atomic E-state index is -0.619. The first-order valence-corrected chi connectivity index (χ1v) is 7.71. The number of rotatable bonds is 7. The highest BCUT2D eigenvalue weighted by Crippen LogP contribution is 2.39. The Balaban J connectivity index is 1.85. The van der Waals surface area contributed by atoms with Gasteiger partial charge in [-0.15, -0.1) is 0 Å². The Morgan fingerprint density at radius 3 is 2.79 bits per heavy atom. The van der Waals surface area contributed by atoms with Crippen LogP contribution < -0.4 is 0 Å². The van der Waals surface area contributed by atoms with E-state index in [4.69, 9.17) is 4.74 Å². The minimum absolute atomic E-state index is 0.226. The van der Waals surface area contributed by atoms with Gasteiger partial charge in [-0.3, -0.25) is 9.69 Å². The topological polar surface area (TPSA) is 49.8 Å². The molecule has 3 atom stereocenters. The van der Waals surface area contributed by atoms with Gasteiger partial charge in [0.05, 0.1) is 0 Å². The van der Waals surface area contributed by atoms with E-state index in [0.29, 0.717) is 12.0 Å². The Hall–Kier alpha value is -0.610. The van der Waals surface area contributed by atoms with Gasteiger partial charge in [-0.25, -0.2) is 0 Å². The minimum Gasteiger partial charge on any atom is -0.480 e. The van der Waals surface area contributed by atoms with E-state index in [1.807, 2.05) is 0 Å². The van der Waals surface area contributed by atoms with E-state index >= 15 is 0 Å². The molecule has 1 heterocycles. The lowest BCUT2D eigenvalue weighted by Gasteiger charge is -2.33. The third-order valence-electron chi connectivity index (χ3n) is 4.77. The molecule has 1 N–H and O–H groups in total. The van der Waals surface area contributed by atoms with Crippen molar-refractivity contribution in [3.05, 3.63) is 0 Å². The molecule has 3 unspecified atom stereocenters. The third kappa shape index (κ3) is 3.69. The number of methoxy groups -OCH3 is 1. The van der Waals surface area contributed by atoms with Crippen molar-refractivity contribution in [2.45, 2.75) is 63.5 Å². The summed E-state index contributed by atoms with van der Waals surface area (Å²) in [6.07, 6.45) is 9.17. The first kappa shape index (κ1) is 14.8. The number of likely N-dealkylation sites (tertiary alicyclic amines) is 1. The van der Waals surface area contributed by atoms with Gasteiger partial charge in [-0.1, -0.05) is 12.8 Å². The van der Waals surface area contributed by atoms with Crippen LogP contribution in [0.25, 0.3) is 0 Å². The van der Waals surface area contributed by atoms with Crippen molar-refractivity contribution >= 4 is 5.97 Å². The number of hydrogen-bond acceptors (Lipinski definition) is 3. The van der Waals surface area contributed by atoms with E-state index in [0.717, 1.165) is 38.8 Å². The number of carbonyl (C=O) groups is 1. The number of carboxylic acids is 1. The highest BCUT2D eigenvalue weighted by molar-refractivity contribution is 5.74. The largest absolute Gasteiger partial charge is 0.480 e. The summed E-state index contributed by atoms with van der Waals surface area (Å²) in [5.74, 6) is 0.0140. The molecule has 2 fully saturated rings. The predicted molar refractivity (Wildman–Crippen MR) is 74.2 cm³/mol. The molecule has 0 aromatic rings. The molecule has 0 spiro atoms. The molecule has 1 aliphatic heterocycles. The number of carboxylic acid groups (broad SMARTS) is 1. The van der Waals surface area contributed by atoms with Gasteiger partial charge in [0, 0.05) is 19.8 Å². The molecular weight excluding hydrogens is 242 g/mol. The van der Waals surface area contributed by atoms with Crippen LogP contribution in [0.5, 0.6) is 0 Å². The molecule has 1 saturated carbocycles. The summed E-state index contributed by atoms with van der Waals surface area (Å²) in [7, 11) is 1.73. The van der Waals surface area contributed by atoms with E-state index in [2.05, 4.69) is 4.90 Å². The van der Waals surface area contributed by atoms with E-state index in [9.17, 15) is 9.90 Å². The first-order chi connectivity index (χ1) is 9.24. The zero-order valence-corrected chi connectivity index (χ0v) is 12.0. The van der Waals surface area contributed by atoms with Gasteiger partial charge in [0.1, 0.15) is 6.04 Å². The summed E-state index contributed by atoms with van der Waals surface area (Å²) in [4.78, 5) is 13.7. The van der Waals surface area contributed by atoms with Crippen LogP contribution in [0.3, 0.4) is 0 Å². The van der Waals surface area contributed by atoms with Crippen LogP contribution in [0.4, 0.5) is 0 Å². The molecule has 0 bridgehead atoms. The van der Waals surface area contributed by atoms with Gasteiger partial charge in [-0.05, 0) is 51.0 Å². The molecule has 19 heavy (non-hydrogen) atoms. The monoisotopic (exact) mass is 269 g/mol. The SMILES string of the molecule is COCCCCCN1C(C(=O)O)CC2CCCCC21. The number of fused-ring (bicyclic) bond motifs is 1. The summed E-state index contributed by atoms with van der Waals surface area (Å²) in [6, 6.07) is 0.313. The Morgan fingerprint density at radius 2 is 2.05 bits per heavy atom. The van der Waals surface area contributed by atoms with Crippen LogP contribution in [0, 0.1) is 5.92 Å². The molecule has 1 aliphatic carbocycles. The third-order valence-corrected chi connectivity index (χ3v) is 4.77. The summed E-state index contributed by atoms with van der Waals surface area (Å²) in [6.45, 7) is 1.76. The molecular formula is C15H27NO3. The van der Waals surface area contributed by atoms with Gasteiger partial charge in [0.2, 0.25) is 0 Å². The van der Waals surface area contributed by atoms with E-state index in [-0.39, 0.29) is 6.04 Å². The molecule has 2 aliphatic rings. The van der Waals surface area contributed by atoms with Crippen molar-refractivity contribution in [2.24, 2.45) is 5.92 Å². The average Bonchev–Trinajstić information content (AvgIpc) is 2.78. The Morgan fingerprint density at radius 1 is 1.26 bits per heavy atom. The molecule has 0 aromatic carbocycles. The van der Waals surface area contributed by atoms with Crippen LogP contribution in [0.15, 0.2) is 0 Å². The molecule has 0 aromatic heterocycles. The van der Waals surface area contributed by atoms with Crippen LogP contribution in [-0.2, 0) is 9.53 Å². The lowest BCUT2D eigenvalue weighted by molar-refractivity contribution is -0.142. The van der Waals surface area contributed by atoms with Crippen LogP contribution >= 0.6 is 0 Å². The highest BCUT2D eigenvalue weighted by Gasteiger charge is 2.44. The number of nitrogens with zero attached hydrogens (tertiary/aromatic N) is 1. The Labute approximate surface area is 116 Å². The summed E-state index contributed by atoms with van der Waals surface area (Å²) >= 11 is 0. The summed E-state index contributed by atoms with van der Waals surface area (Å²) in [5.41, 5.74) is 0. The molecule has 110 valence electrons. The van der Waals surface area contributed by atoms with Crippen molar-refractivity contribution in [1.82, 2.24) is 4.90 Å². The zero-order valence-electron chi connectivity index (χ0n) is 12.0. The number of ether oxygens (including phenoxy) is 1. The lowest BCUT2D eigenvalue weighted by Crippen LogP contribution is -2.42. The smallest absolute Gasteiger partial charge is 0.320 e. The van der Waals surface area contributed by atoms with E-state index < -0.39 is 5.97 Å². The van der Waals surface area contributed by atoms with Crippen LogP contribution in [0.2, 0.25) is 0 Å². The number of hydrogen-bond donors (Lipinski definition) is 1. The van der Waals surface area contributed by atoms with Gasteiger partial charge >= 0.3 is 5.97 Å². The number of aliphatic carboxylic acids is 1. The summed E-state index contributed by atoms with van der Waals surface area (Å²) in [5, 5.41) is 9.41. The molecule has 2 rings (SSSR count). The fraction of sp³-hybridized carbons (Fsp3) is 0.933. The van der Waals surface area contributed by atoms with Gasteiger partial charge in [-0.2, -0.15) is 0 Å². The number of unbranched alkanes of at least 4 members (excludes halogenated alkanes) is 2. The van der Waals surface area contributed by atoms with Crippen LogP contribution in [-0.4, -0.2) is 48.3 Å². The fourth-order valence-electron chi connectivity index (χ4n) is 3.83. The fourth-order valence-corrected chi connectivity index (χ4v) is 3.83. The zero-order chi connectivity index (χ0) is 13.7. The molecule has 4 nitrogen and oxygen atoms in total. The van der Waals surface area contributed by atoms with Crippen LogP contribution in [0.1, 0.15) is 51.4 Å². The second kappa shape index (κ2) is 7.25. The maximum Gasteiger partial charge on any atom is 0.320 e. The van der Waals surface area contributed by atoms with Gasteiger partial charge in [0.25, 0.3) is 0 Å². The van der Waals surface area contributed by atoms with Crippen molar-refractivity contribution in [1.29, 1.82) is 0 Å². The highest BCUT2D eigenvalue weighted by atomic mass is 16.5. The quantitative estimate of drug-likeness (QED) is 0.722. The Bertz CT molecular complexity index is 295. The van der Waals surface area contributed by atoms with E-state index in [1.54, 1.807) is 7.11 Å². The summed E-state index contributed by atoms with van der Waals surface area (Å²) < 4.78 is 5.05. The second-order valence-electron chi connectivity index (χ2n) is 5.99. The molecule has 4 heteroatoms. The molecule has 1 saturated heterocycles. The maximum absolute atomic E-state index is 11.4. The Kier molecular flexibility index (Phi) is 5.64. The van der Waals surface area contributed by atoms with Gasteiger partial charge in [0.15, 0.2) is 0 Å². The molecule has 0 radical (unpaired) electrons. The van der Waals surface area contributed by atoms with E-state index in [1.165, 1.54) is 25.7 Å². The first-order valence-electron chi connectivity index (χ1n) is 7.71. The molecule has 0 amide bonds.